The van der Waals surface area contributed by atoms with Gasteiger partial charge in [-0.25, -0.2) is 0 Å². The fourth-order valence-electron chi connectivity index (χ4n) is 1.38. The molecule has 0 aliphatic heterocycles. The van der Waals surface area contributed by atoms with Gasteiger partial charge in [-0.2, -0.15) is 0 Å². The van der Waals surface area contributed by atoms with Crippen molar-refractivity contribution < 1.29 is 4.79 Å². The first-order valence-corrected chi connectivity index (χ1v) is 5.58. The first kappa shape index (κ1) is 11.2. The Kier molecular flexibility index (Phi) is 3.32. The second-order valence-electron chi connectivity index (χ2n) is 3.38. The molecule has 0 aromatic heterocycles. The number of carbonyl (C=O) groups is 1. The molecular weight excluding hydrogens is 240 g/mol. The Balaban J connectivity index is 2.32. The molecule has 0 unspecified atom stereocenters. The molecule has 0 fully saturated rings. The predicted octanol–water partition coefficient (Wildman–Crippen LogP) is 3.86. The van der Waals surface area contributed by atoms with E-state index in [1.54, 1.807) is 48.5 Å². The molecule has 0 heterocycles. The molecule has 2 aromatic carbocycles. The molecule has 0 spiro atoms. The van der Waals surface area contributed by atoms with Crippen molar-refractivity contribution >= 4 is 30.0 Å². The molecule has 2 rings (SSSR count). The minimum atomic E-state index is -0.00926. The molecular formula is C13H9ClOS. The van der Waals surface area contributed by atoms with Gasteiger partial charge in [0.1, 0.15) is 0 Å². The molecule has 2 aromatic rings. The summed E-state index contributed by atoms with van der Waals surface area (Å²) in [6, 6.07) is 14.0. The van der Waals surface area contributed by atoms with Gasteiger partial charge >= 0.3 is 0 Å². The largest absolute Gasteiger partial charge is 0.289 e. The second-order valence-corrected chi connectivity index (χ2v) is 4.34. The number of ketones is 1. The summed E-state index contributed by atoms with van der Waals surface area (Å²) in [5, 5.41) is 0.627. The fraction of sp³-hybridized carbons (Fsp3) is 0. The van der Waals surface area contributed by atoms with Gasteiger partial charge in [-0.05, 0) is 48.5 Å². The molecule has 0 aliphatic carbocycles. The molecule has 0 aliphatic rings. The number of halogens is 1. The first-order valence-electron chi connectivity index (χ1n) is 4.76. The Hall–Kier alpha value is -1.25. The number of hydrogen-bond acceptors (Lipinski definition) is 2. The van der Waals surface area contributed by atoms with Crippen LogP contribution in [0.2, 0.25) is 5.02 Å². The summed E-state index contributed by atoms with van der Waals surface area (Å²) in [4.78, 5) is 12.8. The lowest BCUT2D eigenvalue weighted by atomic mass is 10.0. The van der Waals surface area contributed by atoms with Gasteiger partial charge in [-0.3, -0.25) is 4.79 Å². The Labute approximate surface area is 104 Å². The summed E-state index contributed by atoms with van der Waals surface area (Å²) in [7, 11) is 0. The highest BCUT2D eigenvalue weighted by Gasteiger charge is 2.07. The van der Waals surface area contributed by atoms with Crippen molar-refractivity contribution in [2.45, 2.75) is 4.90 Å². The van der Waals surface area contributed by atoms with E-state index in [1.165, 1.54) is 0 Å². The normalized spacial score (nSPS) is 10.1. The van der Waals surface area contributed by atoms with Crippen LogP contribution in [-0.4, -0.2) is 5.78 Å². The van der Waals surface area contributed by atoms with Gasteiger partial charge in [-0.1, -0.05) is 11.6 Å². The van der Waals surface area contributed by atoms with Crippen molar-refractivity contribution in [3.8, 4) is 0 Å². The van der Waals surface area contributed by atoms with E-state index >= 15 is 0 Å². The van der Waals surface area contributed by atoms with Crippen LogP contribution in [0.5, 0.6) is 0 Å². The maximum absolute atomic E-state index is 12.0. The standard InChI is InChI=1S/C13H9ClOS/c14-11-5-1-9(2-6-11)13(15)10-3-7-12(16)8-4-10/h1-8,16H. The van der Waals surface area contributed by atoms with Crippen molar-refractivity contribution in [3.63, 3.8) is 0 Å². The Morgan fingerprint density at radius 2 is 1.31 bits per heavy atom. The van der Waals surface area contributed by atoms with E-state index in [1.807, 2.05) is 0 Å². The van der Waals surface area contributed by atoms with E-state index in [0.717, 1.165) is 4.90 Å². The summed E-state index contributed by atoms with van der Waals surface area (Å²) in [6.45, 7) is 0. The highest BCUT2D eigenvalue weighted by atomic mass is 35.5. The zero-order valence-electron chi connectivity index (χ0n) is 8.35. The number of thiol groups is 1. The molecule has 16 heavy (non-hydrogen) atoms. The lowest BCUT2D eigenvalue weighted by molar-refractivity contribution is 0.103. The summed E-state index contributed by atoms with van der Waals surface area (Å²) >= 11 is 9.93. The zero-order chi connectivity index (χ0) is 11.5. The minimum absolute atomic E-state index is 0.00926. The maximum atomic E-state index is 12.0. The molecule has 3 heteroatoms. The SMILES string of the molecule is O=C(c1ccc(S)cc1)c1ccc(Cl)cc1. The summed E-state index contributed by atoms with van der Waals surface area (Å²) in [5.41, 5.74) is 1.29. The topological polar surface area (TPSA) is 17.1 Å². The van der Waals surface area contributed by atoms with Crippen LogP contribution in [0.15, 0.2) is 53.4 Å². The minimum Gasteiger partial charge on any atom is -0.289 e. The summed E-state index contributed by atoms with van der Waals surface area (Å²) < 4.78 is 0. The van der Waals surface area contributed by atoms with Crippen LogP contribution in [0, 0.1) is 0 Å². The van der Waals surface area contributed by atoms with Gasteiger partial charge in [0, 0.05) is 21.0 Å². The molecule has 80 valence electrons. The van der Waals surface area contributed by atoms with E-state index in [-0.39, 0.29) is 5.78 Å². The molecule has 0 saturated carbocycles. The molecule has 0 bridgehead atoms. The summed E-state index contributed by atoms with van der Waals surface area (Å²) in [6.07, 6.45) is 0. The smallest absolute Gasteiger partial charge is 0.193 e. The predicted molar refractivity (Wildman–Crippen MR) is 68.6 cm³/mol. The maximum Gasteiger partial charge on any atom is 0.193 e. The van der Waals surface area contributed by atoms with Gasteiger partial charge < -0.3 is 0 Å². The van der Waals surface area contributed by atoms with Crippen molar-refractivity contribution in [1.82, 2.24) is 0 Å². The first-order chi connectivity index (χ1) is 7.66. The quantitative estimate of drug-likeness (QED) is 0.631. The second kappa shape index (κ2) is 4.73. The average molecular weight is 249 g/mol. The third-order valence-corrected chi connectivity index (χ3v) is 2.79. The average Bonchev–Trinajstić information content (AvgIpc) is 2.30. The molecule has 0 saturated heterocycles. The van der Waals surface area contributed by atoms with Gasteiger partial charge in [0.05, 0.1) is 0 Å². The van der Waals surface area contributed by atoms with Crippen molar-refractivity contribution in [2.75, 3.05) is 0 Å². The number of benzene rings is 2. The van der Waals surface area contributed by atoms with Crippen LogP contribution in [0.1, 0.15) is 15.9 Å². The van der Waals surface area contributed by atoms with Crippen LogP contribution in [0.4, 0.5) is 0 Å². The zero-order valence-corrected chi connectivity index (χ0v) is 10.0. The highest BCUT2D eigenvalue weighted by molar-refractivity contribution is 7.80. The van der Waals surface area contributed by atoms with E-state index in [4.69, 9.17) is 11.6 Å². The summed E-state index contributed by atoms with van der Waals surface area (Å²) in [5.74, 6) is -0.00926. The lowest BCUT2D eigenvalue weighted by Crippen LogP contribution is -2.00. The van der Waals surface area contributed by atoms with E-state index in [9.17, 15) is 4.79 Å². The van der Waals surface area contributed by atoms with Gasteiger partial charge in [0.25, 0.3) is 0 Å². The molecule has 0 N–H and O–H groups in total. The van der Waals surface area contributed by atoms with Crippen LogP contribution in [-0.2, 0) is 0 Å². The third-order valence-electron chi connectivity index (χ3n) is 2.24. The van der Waals surface area contributed by atoms with Crippen molar-refractivity contribution in [2.24, 2.45) is 0 Å². The molecule has 0 atom stereocenters. The molecule has 0 radical (unpaired) electrons. The van der Waals surface area contributed by atoms with Crippen molar-refractivity contribution in [1.29, 1.82) is 0 Å². The van der Waals surface area contributed by atoms with E-state index < -0.39 is 0 Å². The molecule has 1 nitrogen and oxygen atoms in total. The van der Waals surface area contributed by atoms with Gasteiger partial charge in [-0.15, -0.1) is 12.6 Å². The van der Waals surface area contributed by atoms with Gasteiger partial charge in [0.2, 0.25) is 0 Å². The Morgan fingerprint density at radius 1 is 0.875 bits per heavy atom. The number of hydrogen-bond donors (Lipinski definition) is 1. The monoisotopic (exact) mass is 248 g/mol. The van der Waals surface area contributed by atoms with Crippen LogP contribution < -0.4 is 0 Å². The van der Waals surface area contributed by atoms with Crippen LogP contribution in [0.3, 0.4) is 0 Å². The fourth-order valence-corrected chi connectivity index (χ4v) is 1.66. The van der Waals surface area contributed by atoms with Crippen LogP contribution in [0.25, 0.3) is 0 Å². The van der Waals surface area contributed by atoms with Crippen molar-refractivity contribution in [3.05, 3.63) is 64.7 Å². The number of carbonyl (C=O) groups excluding carboxylic acids is 1. The lowest BCUT2D eigenvalue weighted by Gasteiger charge is -2.01. The van der Waals surface area contributed by atoms with E-state index in [2.05, 4.69) is 12.6 Å². The van der Waals surface area contributed by atoms with Crippen LogP contribution >= 0.6 is 24.2 Å². The Morgan fingerprint density at radius 3 is 1.81 bits per heavy atom. The Bertz CT molecular complexity index is 455. The number of rotatable bonds is 2. The van der Waals surface area contributed by atoms with Gasteiger partial charge in [0.15, 0.2) is 5.78 Å². The third kappa shape index (κ3) is 2.46. The molecule has 0 amide bonds. The highest BCUT2D eigenvalue weighted by Crippen LogP contribution is 2.15. The van der Waals surface area contributed by atoms with E-state index in [0.29, 0.717) is 16.1 Å².